The topological polar surface area (TPSA) is 55.1 Å². The molecule has 1 rings (SSSR count). The molecule has 1 aromatic rings. The van der Waals surface area contributed by atoms with E-state index in [0.717, 1.165) is 12.8 Å². The van der Waals surface area contributed by atoms with Gasteiger partial charge in [0.2, 0.25) is 0 Å². The maximum Gasteiger partial charge on any atom is 0.312 e. The number of nitrogens with one attached hydrogen (secondary N) is 1. The van der Waals surface area contributed by atoms with E-state index in [-0.39, 0.29) is 5.41 Å². The number of amides is 2. The molecule has 0 radical (unpaired) electrons. The molecule has 0 heterocycles. The molecule has 88 valence electrons. The van der Waals surface area contributed by atoms with Crippen LogP contribution < -0.4 is 11.1 Å². The van der Waals surface area contributed by atoms with Gasteiger partial charge in [-0.3, -0.25) is 0 Å². The lowest BCUT2D eigenvalue weighted by molar-refractivity contribution is 0.244. The van der Waals surface area contributed by atoms with E-state index in [1.165, 1.54) is 5.56 Å². The SMILES string of the molecule is CCC(CC)(CNC(N)=O)c1ccccc1. The van der Waals surface area contributed by atoms with Crippen molar-refractivity contribution >= 4 is 6.03 Å². The van der Waals surface area contributed by atoms with E-state index in [0.29, 0.717) is 6.54 Å². The van der Waals surface area contributed by atoms with Gasteiger partial charge in [-0.25, -0.2) is 4.79 Å². The molecule has 3 heteroatoms. The van der Waals surface area contributed by atoms with Gasteiger partial charge in [0.05, 0.1) is 0 Å². The van der Waals surface area contributed by atoms with Crippen LogP contribution in [0.15, 0.2) is 30.3 Å². The van der Waals surface area contributed by atoms with Gasteiger partial charge in [-0.1, -0.05) is 44.2 Å². The number of benzene rings is 1. The first-order valence-corrected chi connectivity index (χ1v) is 5.73. The average molecular weight is 220 g/mol. The van der Waals surface area contributed by atoms with Gasteiger partial charge in [0.15, 0.2) is 0 Å². The summed E-state index contributed by atoms with van der Waals surface area (Å²) in [6.07, 6.45) is 1.96. The van der Waals surface area contributed by atoms with E-state index in [9.17, 15) is 4.79 Å². The summed E-state index contributed by atoms with van der Waals surface area (Å²) >= 11 is 0. The molecule has 0 unspecified atom stereocenters. The summed E-state index contributed by atoms with van der Waals surface area (Å²) in [7, 11) is 0. The number of hydrogen-bond donors (Lipinski definition) is 2. The maximum atomic E-state index is 10.8. The highest BCUT2D eigenvalue weighted by molar-refractivity contribution is 5.71. The van der Waals surface area contributed by atoms with Crippen molar-refractivity contribution in [3.05, 3.63) is 35.9 Å². The average Bonchev–Trinajstić information content (AvgIpc) is 2.32. The zero-order valence-corrected chi connectivity index (χ0v) is 9.99. The summed E-state index contributed by atoms with van der Waals surface area (Å²) < 4.78 is 0. The molecule has 0 fully saturated rings. The zero-order chi connectivity index (χ0) is 12.0. The monoisotopic (exact) mass is 220 g/mol. The van der Waals surface area contributed by atoms with Crippen molar-refractivity contribution in [2.45, 2.75) is 32.1 Å². The number of rotatable bonds is 5. The summed E-state index contributed by atoms with van der Waals surface area (Å²) in [5.41, 5.74) is 6.39. The van der Waals surface area contributed by atoms with Crippen LogP contribution >= 0.6 is 0 Å². The van der Waals surface area contributed by atoms with Gasteiger partial charge < -0.3 is 11.1 Å². The fourth-order valence-corrected chi connectivity index (χ4v) is 2.06. The highest BCUT2D eigenvalue weighted by Gasteiger charge is 2.28. The van der Waals surface area contributed by atoms with E-state index < -0.39 is 6.03 Å². The fraction of sp³-hybridized carbons (Fsp3) is 0.462. The van der Waals surface area contributed by atoms with Gasteiger partial charge in [-0.15, -0.1) is 0 Å². The first-order valence-electron chi connectivity index (χ1n) is 5.73. The van der Waals surface area contributed by atoms with Crippen molar-refractivity contribution in [3.8, 4) is 0 Å². The lowest BCUT2D eigenvalue weighted by Crippen LogP contribution is -2.42. The molecular weight excluding hydrogens is 200 g/mol. The molecule has 0 bridgehead atoms. The number of hydrogen-bond acceptors (Lipinski definition) is 1. The molecule has 0 saturated carbocycles. The molecule has 3 nitrogen and oxygen atoms in total. The Morgan fingerprint density at radius 2 is 1.81 bits per heavy atom. The van der Waals surface area contributed by atoms with Crippen LogP contribution in [0.4, 0.5) is 4.79 Å². The molecule has 16 heavy (non-hydrogen) atoms. The first kappa shape index (κ1) is 12.6. The van der Waals surface area contributed by atoms with E-state index in [1.54, 1.807) is 0 Å². The van der Waals surface area contributed by atoms with Gasteiger partial charge >= 0.3 is 6.03 Å². The summed E-state index contributed by atoms with van der Waals surface area (Å²) in [5, 5.41) is 2.73. The van der Waals surface area contributed by atoms with Crippen LogP contribution in [0.2, 0.25) is 0 Å². The molecule has 0 spiro atoms. The maximum absolute atomic E-state index is 10.8. The highest BCUT2D eigenvalue weighted by Crippen LogP contribution is 2.30. The van der Waals surface area contributed by atoms with E-state index in [2.05, 4.69) is 31.3 Å². The molecule has 0 aliphatic heterocycles. The Morgan fingerprint density at radius 3 is 2.25 bits per heavy atom. The second kappa shape index (κ2) is 5.54. The molecule has 2 amide bonds. The quantitative estimate of drug-likeness (QED) is 0.786. The van der Waals surface area contributed by atoms with E-state index in [1.807, 2.05) is 18.2 Å². The third-order valence-electron chi connectivity index (χ3n) is 3.34. The molecule has 0 atom stereocenters. The lowest BCUT2D eigenvalue weighted by Gasteiger charge is -2.32. The van der Waals surface area contributed by atoms with Crippen molar-refractivity contribution < 1.29 is 4.79 Å². The number of nitrogens with two attached hydrogens (primary N) is 1. The van der Waals surface area contributed by atoms with Crippen LogP contribution in [0.1, 0.15) is 32.3 Å². The van der Waals surface area contributed by atoms with Crippen LogP contribution in [0.3, 0.4) is 0 Å². The van der Waals surface area contributed by atoms with Crippen LogP contribution in [-0.4, -0.2) is 12.6 Å². The minimum atomic E-state index is -0.456. The third kappa shape index (κ3) is 2.75. The van der Waals surface area contributed by atoms with Crippen LogP contribution in [-0.2, 0) is 5.41 Å². The highest BCUT2D eigenvalue weighted by atomic mass is 16.2. The van der Waals surface area contributed by atoms with Gasteiger partial charge in [0.25, 0.3) is 0 Å². The van der Waals surface area contributed by atoms with Gasteiger partial charge in [-0.2, -0.15) is 0 Å². The number of primary amides is 1. The Morgan fingerprint density at radius 1 is 1.25 bits per heavy atom. The Hall–Kier alpha value is -1.51. The Balaban J connectivity index is 2.92. The smallest absolute Gasteiger partial charge is 0.312 e. The van der Waals surface area contributed by atoms with Crippen molar-refractivity contribution in [3.63, 3.8) is 0 Å². The summed E-state index contributed by atoms with van der Waals surface area (Å²) in [4.78, 5) is 10.8. The number of urea groups is 1. The summed E-state index contributed by atoms with van der Waals surface area (Å²) in [6, 6.07) is 9.81. The Kier molecular flexibility index (Phi) is 4.35. The van der Waals surface area contributed by atoms with Crippen LogP contribution in [0.25, 0.3) is 0 Å². The molecule has 0 aliphatic rings. The second-order valence-corrected chi connectivity index (χ2v) is 4.07. The van der Waals surface area contributed by atoms with Crippen molar-refractivity contribution in [1.29, 1.82) is 0 Å². The van der Waals surface area contributed by atoms with Gasteiger partial charge in [-0.05, 0) is 18.4 Å². The largest absolute Gasteiger partial charge is 0.352 e. The molecular formula is C13H20N2O. The van der Waals surface area contributed by atoms with Crippen molar-refractivity contribution in [2.24, 2.45) is 5.73 Å². The van der Waals surface area contributed by atoms with Crippen molar-refractivity contribution in [1.82, 2.24) is 5.32 Å². The molecule has 0 aliphatic carbocycles. The van der Waals surface area contributed by atoms with Crippen LogP contribution in [0, 0.1) is 0 Å². The minimum Gasteiger partial charge on any atom is -0.352 e. The fourth-order valence-electron chi connectivity index (χ4n) is 2.06. The number of carbonyl (C=O) groups excluding carboxylic acids is 1. The van der Waals surface area contributed by atoms with Gasteiger partial charge in [0.1, 0.15) is 0 Å². The second-order valence-electron chi connectivity index (χ2n) is 4.07. The predicted octanol–water partition coefficient (Wildman–Crippen LogP) is 2.41. The van der Waals surface area contributed by atoms with Crippen LogP contribution in [0.5, 0.6) is 0 Å². The first-order chi connectivity index (χ1) is 7.64. The Bertz CT molecular complexity index is 331. The summed E-state index contributed by atoms with van der Waals surface area (Å²) in [5.74, 6) is 0. The standard InChI is InChI=1S/C13H20N2O/c1-3-13(4-2,10-15-12(14)16)11-8-6-5-7-9-11/h5-9H,3-4,10H2,1-2H3,(H3,14,15,16). The van der Waals surface area contributed by atoms with Crippen molar-refractivity contribution in [2.75, 3.05) is 6.54 Å². The minimum absolute atomic E-state index is 0.00368. The molecule has 1 aromatic carbocycles. The molecule has 0 saturated heterocycles. The lowest BCUT2D eigenvalue weighted by atomic mass is 9.76. The Labute approximate surface area is 97.0 Å². The number of carbonyl (C=O) groups is 1. The van der Waals surface area contributed by atoms with Gasteiger partial charge in [0, 0.05) is 12.0 Å². The normalized spacial score (nSPS) is 11.1. The molecule has 0 aromatic heterocycles. The summed E-state index contributed by atoms with van der Waals surface area (Å²) in [6.45, 7) is 4.87. The molecule has 3 N–H and O–H groups in total. The predicted molar refractivity (Wildman–Crippen MR) is 66.3 cm³/mol. The third-order valence-corrected chi connectivity index (χ3v) is 3.34. The van der Waals surface area contributed by atoms with E-state index >= 15 is 0 Å². The van der Waals surface area contributed by atoms with E-state index in [4.69, 9.17) is 5.73 Å². The zero-order valence-electron chi connectivity index (χ0n) is 9.99.